The number of carbonyl (C=O) groups is 2. The predicted molar refractivity (Wildman–Crippen MR) is 122 cm³/mol. The number of likely N-dealkylation sites (N-methyl/N-ethyl adjacent to an activating group) is 1. The number of nitrogens with one attached hydrogen (secondary N) is 1. The second-order valence-corrected chi connectivity index (χ2v) is 7.59. The molecule has 162 valence electrons. The van der Waals surface area contributed by atoms with Crippen molar-refractivity contribution in [2.45, 2.75) is 46.1 Å². The maximum atomic E-state index is 12.3. The first-order chi connectivity index (χ1) is 14.3. The second kappa shape index (κ2) is 11.4. The molecule has 0 bridgehead atoms. The van der Waals surface area contributed by atoms with Gasteiger partial charge in [0.2, 0.25) is 5.91 Å². The van der Waals surface area contributed by atoms with Gasteiger partial charge in [0, 0.05) is 11.4 Å². The van der Waals surface area contributed by atoms with E-state index < -0.39 is 0 Å². The van der Waals surface area contributed by atoms with Gasteiger partial charge in [0.05, 0.1) is 18.2 Å². The first kappa shape index (κ1) is 23.4. The van der Waals surface area contributed by atoms with Crippen LogP contribution in [0.15, 0.2) is 42.5 Å². The van der Waals surface area contributed by atoms with Crippen molar-refractivity contribution < 1.29 is 14.3 Å². The maximum Gasteiger partial charge on any atom is 0.338 e. The van der Waals surface area contributed by atoms with Crippen LogP contribution >= 0.6 is 0 Å². The third-order valence-corrected chi connectivity index (χ3v) is 5.22. The molecule has 1 fully saturated rings. The highest BCUT2D eigenvalue weighted by Gasteiger charge is 2.26. The molecular weight excluding hydrogens is 378 g/mol. The van der Waals surface area contributed by atoms with Gasteiger partial charge in [-0.1, -0.05) is 24.6 Å². The monoisotopic (exact) mass is 411 g/mol. The van der Waals surface area contributed by atoms with Crippen molar-refractivity contribution in [3.8, 4) is 0 Å². The molecule has 6 nitrogen and oxygen atoms in total. The molecular formula is C24H33N3O3. The minimum Gasteiger partial charge on any atom is -0.462 e. The summed E-state index contributed by atoms with van der Waals surface area (Å²) in [6.07, 6.45) is 3.31. The van der Waals surface area contributed by atoms with E-state index in [4.69, 9.17) is 10.5 Å². The summed E-state index contributed by atoms with van der Waals surface area (Å²) in [5, 5.41) is 3.10. The van der Waals surface area contributed by atoms with Crippen LogP contribution in [0.3, 0.4) is 0 Å². The van der Waals surface area contributed by atoms with Gasteiger partial charge in [-0.3, -0.25) is 9.69 Å². The lowest BCUT2D eigenvalue weighted by atomic mass is 10.0. The Labute approximate surface area is 179 Å². The Balaban J connectivity index is 0.000000232. The van der Waals surface area contributed by atoms with E-state index in [2.05, 4.69) is 10.2 Å². The maximum absolute atomic E-state index is 12.3. The first-order valence-corrected chi connectivity index (χ1v) is 10.4. The fourth-order valence-electron chi connectivity index (χ4n) is 3.46. The number of nitrogens with zero attached hydrogens (tertiary/aromatic N) is 1. The van der Waals surface area contributed by atoms with Gasteiger partial charge in [0.25, 0.3) is 0 Å². The van der Waals surface area contributed by atoms with Gasteiger partial charge in [-0.05, 0) is 82.6 Å². The van der Waals surface area contributed by atoms with E-state index in [1.807, 2.05) is 39.1 Å². The molecule has 0 aromatic heterocycles. The Morgan fingerprint density at radius 1 is 1.10 bits per heavy atom. The lowest BCUT2D eigenvalue weighted by Crippen LogP contribution is -2.44. The topological polar surface area (TPSA) is 84.7 Å². The van der Waals surface area contributed by atoms with E-state index in [0.29, 0.717) is 17.9 Å². The summed E-state index contributed by atoms with van der Waals surface area (Å²) in [4.78, 5) is 25.6. The summed E-state index contributed by atoms with van der Waals surface area (Å²) in [6, 6.07) is 12.8. The molecule has 3 N–H and O–H groups in total. The van der Waals surface area contributed by atoms with Gasteiger partial charge in [-0.2, -0.15) is 0 Å². The number of anilines is 2. The molecule has 1 saturated heterocycles. The van der Waals surface area contributed by atoms with Crippen molar-refractivity contribution >= 4 is 23.3 Å². The van der Waals surface area contributed by atoms with Gasteiger partial charge in [0.1, 0.15) is 0 Å². The molecule has 1 aliphatic rings. The zero-order valence-corrected chi connectivity index (χ0v) is 18.4. The molecule has 30 heavy (non-hydrogen) atoms. The fraction of sp³-hybridized carbons (Fsp3) is 0.417. The average Bonchev–Trinajstić information content (AvgIpc) is 2.72. The van der Waals surface area contributed by atoms with Crippen LogP contribution in [0.5, 0.6) is 0 Å². The molecule has 1 atom stereocenters. The number of esters is 1. The number of para-hydroxylation sites is 1. The van der Waals surface area contributed by atoms with E-state index in [-0.39, 0.29) is 17.9 Å². The largest absolute Gasteiger partial charge is 0.462 e. The number of likely N-dealkylation sites (tertiary alicyclic amines) is 1. The molecule has 2 aromatic carbocycles. The van der Waals surface area contributed by atoms with Crippen LogP contribution in [0.2, 0.25) is 0 Å². The zero-order chi connectivity index (χ0) is 22.1. The summed E-state index contributed by atoms with van der Waals surface area (Å²) < 4.78 is 4.79. The highest BCUT2D eigenvalue weighted by Crippen LogP contribution is 2.22. The molecule has 1 aliphatic heterocycles. The lowest BCUT2D eigenvalue weighted by molar-refractivity contribution is -0.121. The zero-order valence-electron chi connectivity index (χ0n) is 18.4. The van der Waals surface area contributed by atoms with Crippen LogP contribution in [0, 0.1) is 13.8 Å². The normalized spacial score (nSPS) is 16.2. The summed E-state index contributed by atoms with van der Waals surface area (Å²) in [5.74, 6) is -0.174. The van der Waals surface area contributed by atoms with Crippen molar-refractivity contribution in [2.24, 2.45) is 0 Å². The third kappa shape index (κ3) is 6.59. The smallest absolute Gasteiger partial charge is 0.338 e. The van der Waals surface area contributed by atoms with Crippen LogP contribution < -0.4 is 11.1 Å². The number of hydrogen-bond acceptors (Lipinski definition) is 5. The second-order valence-electron chi connectivity index (χ2n) is 7.59. The molecule has 2 aromatic rings. The van der Waals surface area contributed by atoms with E-state index >= 15 is 0 Å². The van der Waals surface area contributed by atoms with Gasteiger partial charge in [0.15, 0.2) is 0 Å². The van der Waals surface area contributed by atoms with Crippen LogP contribution in [0.1, 0.15) is 47.7 Å². The first-order valence-electron chi connectivity index (χ1n) is 10.4. The van der Waals surface area contributed by atoms with E-state index in [9.17, 15) is 9.59 Å². The van der Waals surface area contributed by atoms with Crippen molar-refractivity contribution in [3.05, 3.63) is 59.2 Å². The number of hydrogen-bond donors (Lipinski definition) is 2. The number of carbonyl (C=O) groups excluding carboxylic acids is 2. The standard InChI is InChI=1S/C15H22N2O.C9H11NO2/c1-11-7-6-8-12(2)14(11)16-15(18)13-9-4-5-10-17(13)3;1-2-12-9(11)7-3-5-8(10)6-4-7/h6-8,13H,4-5,9-10H2,1-3H3,(H,16,18);3-6H,2,10H2,1H3. The molecule has 0 radical (unpaired) electrons. The molecule has 3 rings (SSSR count). The number of nitrogens with two attached hydrogens (primary N) is 1. The van der Waals surface area contributed by atoms with Crippen molar-refractivity contribution in [1.29, 1.82) is 0 Å². The quantitative estimate of drug-likeness (QED) is 0.583. The van der Waals surface area contributed by atoms with Crippen LogP contribution in [0.4, 0.5) is 11.4 Å². The van der Waals surface area contributed by atoms with Crippen LogP contribution in [0.25, 0.3) is 0 Å². The number of amides is 1. The molecule has 0 saturated carbocycles. The molecule has 6 heteroatoms. The number of aryl methyl sites for hydroxylation is 2. The Hall–Kier alpha value is -2.86. The Morgan fingerprint density at radius 2 is 1.73 bits per heavy atom. The number of benzene rings is 2. The molecule has 1 heterocycles. The fourth-order valence-corrected chi connectivity index (χ4v) is 3.46. The van der Waals surface area contributed by atoms with Crippen molar-refractivity contribution in [3.63, 3.8) is 0 Å². The highest BCUT2D eigenvalue weighted by molar-refractivity contribution is 5.96. The van der Waals surface area contributed by atoms with Crippen molar-refractivity contribution in [2.75, 3.05) is 31.2 Å². The molecule has 0 spiro atoms. The van der Waals surface area contributed by atoms with Gasteiger partial charge < -0.3 is 15.8 Å². The number of nitrogen functional groups attached to an aromatic ring is 1. The minimum absolute atomic E-state index is 0.0257. The van der Waals surface area contributed by atoms with Gasteiger partial charge >= 0.3 is 5.97 Å². The SMILES string of the molecule is CCOC(=O)c1ccc(N)cc1.Cc1cccc(C)c1NC(=O)C1CCCCN1C. The Morgan fingerprint density at radius 3 is 2.30 bits per heavy atom. The average molecular weight is 412 g/mol. The van der Waals surface area contributed by atoms with Crippen molar-refractivity contribution in [1.82, 2.24) is 4.90 Å². The number of ether oxygens (including phenoxy) is 1. The minimum atomic E-state index is -0.308. The summed E-state index contributed by atoms with van der Waals surface area (Å²) in [6.45, 7) is 7.25. The summed E-state index contributed by atoms with van der Waals surface area (Å²) >= 11 is 0. The van der Waals surface area contributed by atoms with Gasteiger partial charge in [-0.15, -0.1) is 0 Å². The Bertz CT molecular complexity index is 829. The molecule has 0 aliphatic carbocycles. The number of piperidine rings is 1. The predicted octanol–water partition coefficient (Wildman–Crippen LogP) is 4.17. The third-order valence-electron chi connectivity index (χ3n) is 5.22. The highest BCUT2D eigenvalue weighted by atomic mass is 16.5. The molecule has 1 unspecified atom stereocenters. The van der Waals surface area contributed by atoms with E-state index in [1.165, 1.54) is 6.42 Å². The summed E-state index contributed by atoms with van der Waals surface area (Å²) in [5.41, 5.74) is 9.85. The molecule has 1 amide bonds. The number of rotatable bonds is 4. The van der Waals surface area contributed by atoms with Crippen LogP contribution in [-0.4, -0.2) is 43.0 Å². The van der Waals surface area contributed by atoms with Crippen LogP contribution in [-0.2, 0) is 9.53 Å². The Kier molecular flexibility index (Phi) is 8.87. The lowest BCUT2D eigenvalue weighted by Gasteiger charge is -2.31. The van der Waals surface area contributed by atoms with Gasteiger partial charge in [-0.25, -0.2) is 4.79 Å². The van der Waals surface area contributed by atoms with E-state index in [1.54, 1.807) is 31.2 Å². The summed E-state index contributed by atoms with van der Waals surface area (Å²) in [7, 11) is 2.04. The van der Waals surface area contributed by atoms with E-state index in [0.717, 1.165) is 36.2 Å².